The molecule has 2 rings (SSSR count). The average Bonchev–Trinajstić information content (AvgIpc) is 2.69. The van der Waals surface area contributed by atoms with E-state index in [0.29, 0.717) is 11.7 Å². The minimum atomic E-state index is 0.0662. The fraction of sp³-hybridized carbons (Fsp3) is 0.333. The van der Waals surface area contributed by atoms with E-state index >= 15 is 0 Å². The zero-order chi connectivity index (χ0) is 11.5. The summed E-state index contributed by atoms with van der Waals surface area (Å²) in [5.41, 5.74) is 1.87. The van der Waals surface area contributed by atoms with Crippen LogP contribution in [0.25, 0.3) is 11.0 Å². The van der Waals surface area contributed by atoms with Crippen LogP contribution in [0.3, 0.4) is 0 Å². The predicted molar refractivity (Wildman–Crippen MR) is 61.3 cm³/mol. The van der Waals surface area contributed by atoms with Gasteiger partial charge in [0.2, 0.25) is 0 Å². The Labute approximate surface area is 93.9 Å². The quantitative estimate of drug-likeness (QED) is 0.855. The summed E-state index contributed by atoms with van der Waals surface area (Å²) in [6, 6.07) is 7.52. The number of hydrogen-bond acceptors (Lipinski definition) is 3. The minimum absolute atomic E-state index is 0.0662. The van der Waals surface area contributed by atoms with Gasteiger partial charge < -0.3 is 9.72 Å². The number of ether oxygens (including phenoxy) is 1. The van der Waals surface area contributed by atoms with Gasteiger partial charge in [-0.25, -0.2) is 4.98 Å². The lowest BCUT2D eigenvalue weighted by Gasteiger charge is -1.99. The maximum absolute atomic E-state index is 8.42. The van der Waals surface area contributed by atoms with Gasteiger partial charge >= 0.3 is 0 Å². The number of aromatic amines is 1. The lowest BCUT2D eigenvalue weighted by molar-refractivity contribution is 0.368. The number of aromatic nitrogens is 2. The first-order valence-electron chi connectivity index (χ1n) is 5.20. The van der Waals surface area contributed by atoms with Crippen LogP contribution in [0, 0.1) is 11.3 Å². The number of nitrogens with zero attached hydrogens (tertiary/aromatic N) is 2. The van der Waals surface area contributed by atoms with Crippen molar-refractivity contribution >= 4 is 11.0 Å². The highest BCUT2D eigenvalue weighted by molar-refractivity contribution is 5.76. The van der Waals surface area contributed by atoms with Crippen LogP contribution in [-0.2, 0) is 0 Å². The van der Waals surface area contributed by atoms with Crippen molar-refractivity contribution in [2.75, 3.05) is 6.61 Å². The first kappa shape index (κ1) is 10.5. The molecule has 4 nitrogen and oxygen atoms in total. The van der Waals surface area contributed by atoms with Crippen LogP contribution in [0.15, 0.2) is 18.2 Å². The first-order chi connectivity index (χ1) is 7.70. The molecule has 0 aliphatic rings. The molecule has 0 saturated heterocycles. The molecule has 0 aliphatic carbocycles. The SMILES string of the molecule is CC(C)c1nc2ccc(OCC#N)cc2[nH]1. The summed E-state index contributed by atoms with van der Waals surface area (Å²) < 4.78 is 5.22. The fourth-order valence-corrected chi connectivity index (χ4v) is 1.49. The molecule has 1 aromatic heterocycles. The third-order valence-corrected chi connectivity index (χ3v) is 2.32. The Balaban J connectivity index is 2.35. The van der Waals surface area contributed by atoms with Crippen molar-refractivity contribution in [2.24, 2.45) is 0 Å². The number of hydrogen-bond donors (Lipinski definition) is 1. The number of nitriles is 1. The van der Waals surface area contributed by atoms with Crippen LogP contribution < -0.4 is 4.74 Å². The molecule has 0 unspecified atom stereocenters. The van der Waals surface area contributed by atoms with Gasteiger partial charge in [0, 0.05) is 12.0 Å². The summed E-state index contributed by atoms with van der Waals surface area (Å²) in [7, 11) is 0. The van der Waals surface area contributed by atoms with E-state index in [9.17, 15) is 0 Å². The average molecular weight is 215 g/mol. The zero-order valence-corrected chi connectivity index (χ0v) is 9.32. The van der Waals surface area contributed by atoms with Crippen molar-refractivity contribution in [3.63, 3.8) is 0 Å². The molecule has 0 radical (unpaired) electrons. The van der Waals surface area contributed by atoms with Crippen molar-refractivity contribution in [1.82, 2.24) is 9.97 Å². The molecular weight excluding hydrogens is 202 g/mol. The van der Waals surface area contributed by atoms with Gasteiger partial charge in [-0.3, -0.25) is 0 Å². The summed E-state index contributed by atoms with van der Waals surface area (Å²) in [6.07, 6.45) is 0. The van der Waals surface area contributed by atoms with E-state index < -0.39 is 0 Å². The molecule has 1 N–H and O–H groups in total. The van der Waals surface area contributed by atoms with Gasteiger partial charge in [-0.15, -0.1) is 0 Å². The molecule has 1 heterocycles. The molecule has 0 bridgehead atoms. The largest absolute Gasteiger partial charge is 0.479 e. The molecule has 0 atom stereocenters. The summed E-state index contributed by atoms with van der Waals surface area (Å²) in [4.78, 5) is 7.70. The lowest BCUT2D eigenvalue weighted by Crippen LogP contribution is -1.92. The Bertz CT molecular complexity index is 537. The Morgan fingerprint density at radius 3 is 3.00 bits per heavy atom. The Hall–Kier alpha value is -2.02. The van der Waals surface area contributed by atoms with Crippen LogP contribution in [-0.4, -0.2) is 16.6 Å². The molecule has 0 aliphatic heterocycles. The van der Waals surface area contributed by atoms with Crippen LogP contribution in [0.5, 0.6) is 5.75 Å². The molecular formula is C12H13N3O. The molecule has 16 heavy (non-hydrogen) atoms. The molecule has 82 valence electrons. The van der Waals surface area contributed by atoms with E-state index in [1.165, 1.54) is 0 Å². The molecule has 4 heteroatoms. The highest BCUT2D eigenvalue weighted by Gasteiger charge is 2.06. The summed E-state index contributed by atoms with van der Waals surface area (Å²) in [6.45, 7) is 4.24. The molecule has 0 amide bonds. The van der Waals surface area contributed by atoms with E-state index in [2.05, 4.69) is 23.8 Å². The highest BCUT2D eigenvalue weighted by Crippen LogP contribution is 2.21. The van der Waals surface area contributed by atoms with Gasteiger partial charge in [0.05, 0.1) is 11.0 Å². The number of fused-ring (bicyclic) bond motifs is 1. The fourth-order valence-electron chi connectivity index (χ4n) is 1.49. The van der Waals surface area contributed by atoms with Gasteiger partial charge in [0.1, 0.15) is 17.6 Å². The van der Waals surface area contributed by atoms with E-state index in [-0.39, 0.29) is 6.61 Å². The topological polar surface area (TPSA) is 61.7 Å². The lowest BCUT2D eigenvalue weighted by atomic mass is 10.2. The molecule has 0 spiro atoms. The second-order valence-corrected chi connectivity index (χ2v) is 3.90. The standard InChI is InChI=1S/C12H13N3O/c1-8(2)12-14-10-4-3-9(16-6-5-13)7-11(10)15-12/h3-4,7-8H,6H2,1-2H3,(H,14,15). The summed E-state index contributed by atoms with van der Waals surface area (Å²) in [5.74, 6) is 2.02. The van der Waals surface area contributed by atoms with Crippen molar-refractivity contribution in [3.8, 4) is 11.8 Å². The number of H-pyrrole nitrogens is 1. The molecule has 0 saturated carbocycles. The molecule has 0 fully saturated rings. The third-order valence-electron chi connectivity index (χ3n) is 2.32. The first-order valence-corrected chi connectivity index (χ1v) is 5.20. The normalized spacial score (nSPS) is 10.6. The second-order valence-electron chi connectivity index (χ2n) is 3.90. The van der Waals surface area contributed by atoms with Crippen LogP contribution in [0.4, 0.5) is 0 Å². The Morgan fingerprint density at radius 1 is 1.50 bits per heavy atom. The second kappa shape index (κ2) is 4.23. The van der Waals surface area contributed by atoms with Gasteiger partial charge in [-0.2, -0.15) is 5.26 Å². The van der Waals surface area contributed by atoms with E-state index in [1.54, 1.807) is 0 Å². The van der Waals surface area contributed by atoms with Crippen molar-refractivity contribution in [2.45, 2.75) is 19.8 Å². The minimum Gasteiger partial charge on any atom is -0.479 e. The van der Waals surface area contributed by atoms with E-state index in [0.717, 1.165) is 16.9 Å². The van der Waals surface area contributed by atoms with Gasteiger partial charge in [0.15, 0.2) is 6.61 Å². The van der Waals surface area contributed by atoms with Crippen molar-refractivity contribution in [1.29, 1.82) is 5.26 Å². The summed E-state index contributed by atoms with van der Waals surface area (Å²) >= 11 is 0. The Morgan fingerprint density at radius 2 is 2.31 bits per heavy atom. The van der Waals surface area contributed by atoms with Gasteiger partial charge in [-0.1, -0.05) is 13.8 Å². The maximum Gasteiger partial charge on any atom is 0.174 e. The molecule has 1 aromatic carbocycles. The van der Waals surface area contributed by atoms with Crippen LogP contribution in [0.2, 0.25) is 0 Å². The summed E-state index contributed by atoms with van der Waals surface area (Å²) in [5, 5.41) is 8.42. The number of rotatable bonds is 3. The smallest absolute Gasteiger partial charge is 0.174 e. The number of imidazole rings is 1. The molecule has 2 aromatic rings. The van der Waals surface area contributed by atoms with Crippen LogP contribution in [0.1, 0.15) is 25.6 Å². The van der Waals surface area contributed by atoms with Gasteiger partial charge in [-0.05, 0) is 12.1 Å². The van der Waals surface area contributed by atoms with E-state index in [1.807, 2.05) is 24.3 Å². The Kier molecular flexibility index (Phi) is 2.78. The van der Waals surface area contributed by atoms with Crippen molar-refractivity contribution < 1.29 is 4.74 Å². The predicted octanol–water partition coefficient (Wildman–Crippen LogP) is 2.59. The van der Waals surface area contributed by atoms with Gasteiger partial charge in [0.25, 0.3) is 0 Å². The zero-order valence-electron chi connectivity index (χ0n) is 9.32. The number of benzene rings is 1. The van der Waals surface area contributed by atoms with Crippen molar-refractivity contribution in [3.05, 3.63) is 24.0 Å². The number of nitrogens with one attached hydrogen (secondary N) is 1. The van der Waals surface area contributed by atoms with Crippen LogP contribution >= 0.6 is 0 Å². The highest BCUT2D eigenvalue weighted by atomic mass is 16.5. The maximum atomic E-state index is 8.42. The third kappa shape index (κ3) is 1.98. The van der Waals surface area contributed by atoms with E-state index in [4.69, 9.17) is 10.00 Å². The monoisotopic (exact) mass is 215 g/mol.